The summed E-state index contributed by atoms with van der Waals surface area (Å²) in [6.07, 6.45) is 3.93. The molecule has 1 aromatic carbocycles. The molecule has 0 spiro atoms. The summed E-state index contributed by atoms with van der Waals surface area (Å²) in [6, 6.07) is 5.38. The zero-order valence-corrected chi connectivity index (χ0v) is 13.0. The first kappa shape index (κ1) is 16.5. The average molecular weight is 317 g/mol. The Bertz CT molecular complexity index is 679. The van der Waals surface area contributed by atoms with E-state index in [0.717, 1.165) is 6.42 Å². The molecule has 2 N–H and O–H groups in total. The lowest BCUT2D eigenvalue weighted by Crippen LogP contribution is -2.33. The van der Waals surface area contributed by atoms with E-state index in [1.807, 2.05) is 6.92 Å². The van der Waals surface area contributed by atoms with Crippen molar-refractivity contribution in [3.05, 3.63) is 47.8 Å². The second-order valence-electron chi connectivity index (χ2n) is 5.01. The number of carbonyl (C=O) groups excluding carboxylic acids is 1. The fourth-order valence-electron chi connectivity index (χ4n) is 2.13. The fourth-order valence-corrected chi connectivity index (χ4v) is 2.13. The molecule has 1 atom stereocenters. The first-order valence-corrected chi connectivity index (χ1v) is 7.25. The van der Waals surface area contributed by atoms with Gasteiger partial charge in [-0.1, -0.05) is 19.1 Å². The Kier molecular flexibility index (Phi) is 5.35. The van der Waals surface area contributed by atoms with Gasteiger partial charge < -0.3 is 15.2 Å². The van der Waals surface area contributed by atoms with Gasteiger partial charge in [-0.3, -0.25) is 9.48 Å². The zero-order chi connectivity index (χ0) is 16.8. The first-order valence-electron chi connectivity index (χ1n) is 7.25. The van der Waals surface area contributed by atoms with Crippen LogP contribution in [0.2, 0.25) is 0 Å². The number of hydrogen-bond acceptors (Lipinski definition) is 4. The van der Waals surface area contributed by atoms with Crippen LogP contribution < -0.4 is 10.1 Å². The SMILES string of the molecule is CCCn1cc(C(=O)NC(C(=O)O)c2ccc(OC)cc2)cn1. The Hall–Kier alpha value is -2.83. The Labute approximate surface area is 133 Å². The predicted octanol–water partition coefficient (Wildman–Crippen LogP) is 1.86. The van der Waals surface area contributed by atoms with Crippen LogP contribution in [-0.2, 0) is 11.3 Å². The smallest absolute Gasteiger partial charge is 0.330 e. The summed E-state index contributed by atoms with van der Waals surface area (Å²) in [7, 11) is 1.53. The van der Waals surface area contributed by atoms with Gasteiger partial charge in [-0.2, -0.15) is 5.10 Å². The number of nitrogens with zero attached hydrogens (tertiary/aromatic N) is 2. The van der Waals surface area contributed by atoms with E-state index in [2.05, 4.69) is 10.4 Å². The van der Waals surface area contributed by atoms with Crippen LogP contribution in [0.5, 0.6) is 5.75 Å². The lowest BCUT2D eigenvalue weighted by Gasteiger charge is -2.14. The number of ether oxygens (including phenoxy) is 1. The number of carboxylic acids is 1. The highest BCUT2D eigenvalue weighted by atomic mass is 16.5. The maximum Gasteiger partial charge on any atom is 0.330 e. The molecule has 1 heterocycles. The molecule has 2 aromatic rings. The van der Waals surface area contributed by atoms with Crippen molar-refractivity contribution in [3.8, 4) is 5.75 Å². The molecular formula is C16H19N3O4. The van der Waals surface area contributed by atoms with Crippen molar-refractivity contribution in [1.29, 1.82) is 0 Å². The van der Waals surface area contributed by atoms with Gasteiger partial charge in [0.2, 0.25) is 0 Å². The minimum absolute atomic E-state index is 0.332. The van der Waals surface area contributed by atoms with Crippen molar-refractivity contribution >= 4 is 11.9 Å². The summed E-state index contributed by atoms with van der Waals surface area (Å²) >= 11 is 0. The predicted molar refractivity (Wildman–Crippen MR) is 83.4 cm³/mol. The van der Waals surface area contributed by atoms with Gasteiger partial charge in [0, 0.05) is 12.7 Å². The highest BCUT2D eigenvalue weighted by Gasteiger charge is 2.23. The number of methoxy groups -OCH3 is 1. The van der Waals surface area contributed by atoms with E-state index in [4.69, 9.17) is 4.74 Å². The maximum atomic E-state index is 12.2. The van der Waals surface area contributed by atoms with E-state index < -0.39 is 17.9 Å². The normalized spacial score (nSPS) is 11.7. The maximum absolute atomic E-state index is 12.2. The second-order valence-corrected chi connectivity index (χ2v) is 5.01. The number of nitrogens with one attached hydrogen (secondary N) is 1. The highest BCUT2D eigenvalue weighted by molar-refractivity contribution is 5.96. The van der Waals surface area contributed by atoms with Gasteiger partial charge in [0.25, 0.3) is 5.91 Å². The molecule has 0 bridgehead atoms. The van der Waals surface area contributed by atoms with Gasteiger partial charge >= 0.3 is 5.97 Å². The molecule has 7 nitrogen and oxygen atoms in total. The molecule has 0 radical (unpaired) electrons. The van der Waals surface area contributed by atoms with E-state index in [9.17, 15) is 14.7 Å². The highest BCUT2D eigenvalue weighted by Crippen LogP contribution is 2.18. The number of benzene rings is 1. The average Bonchev–Trinajstić information content (AvgIpc) is 3.01. The van der Waals surface area contributed by atoms with E-state index in [0.29, 0.717) is 23.4 Å². The summed E-state index contributed by atoms with van der Waals surface area (Å²) < 4.78 is 6.69. The van der Waals surface area contributed by atoms with Crippen molar-refractivity contribution in [1.82, 2.24) is 15.1 Å². The molecular weight excluding hydrogens is 298 g/mol. The van der Waals surface area contributed by atoms with Crippen LogP contribution in [0.15, 0.2) is 36.7 Å². The molecule has 0 aliphatic rings. The van der Waals surface area contributed by atoms with Gasteiger partial charge in [-0.15, -0.1) is 0 Å². The van der Waals surface area contributed by atoms with Crippen molar-refractivity contribution < 1.29 is 19.4 Å². The molecule has 23 heavy (non-hydrogen) atoms. The number of aromatic nitrogens is 2. The summed E-state index contributed by atoms with van der Waals surface area (Å²) in [5.41, 5.74) is 0.797. The number of carboxylic acid groups (broad SMARTS) is 1. The molecule has 7 heteroatoms. The summed E-state index contributed by atoms with van der Waals surface area (Å²) in [6.45, 7) is 2.71. The largest absolute Gasteiger partial charge is 0.497 e. The topological polar surface area (TPSA) is 93.5 Å². The van der Waals surface area contributed by atoms with E-state index in [1.165, 1.54) is 13.3 Å². The monoisotopic (exact) mass is 317 g/mol. The number of hydrogen-bond donors (Lipinski definition) is 2. The Morgan fingerprint density at radius 3 is 2.61 bits per heavy atom. The van der Waals surface area contributed by atoms with Crippen LogP contribution in [0.25, 0.3) is 0 Å². The van der Waals surface area contributed by atoms with Crippen LogP contribution in [0.4, 0.5) is 0 Å². The lowest BCUT2D eigenvalue weighted by molar-refractivity contribution is -0.139. The van der Waals surface area contributed by atoms with Gasteiger partial charge in [0.05, 0.1) is 18.9 Å². The van der Waals surface area contributed by atoms with Crippen LogP contribution >= 0.6 is 0 Å². The van der Waals surface area contributed by atoms with Gasteiger partial charge in [0.1, 0.15) is 5.75 Å². The van der Waals surface area contributed by atoms with Crippen LogP contribution in [-0.4, -0.2) is 33.9 Å². The Morgan fingerprint density at radius 1 is 1.35 bits per heavy atom. The molecule has 0 aliphatic heterocycles. The van der Waals surface area contributed by atoms with Gasteiger partial charge in [-0.05, 0) is 24.1 Å². The van der Waals surface area contributed by atoms with Gasteiger partial charge in [-0.25, -0.2) is 4.79 Å². The fraction of sp³-hybridized carbons (Fsp3) is 0.312. The van der Waals surface area contributed by atoms with Crippen LogP contribution in [0.3, 0.4) is 0 Å². The molecule has 0 aliphatic carbocycles. The van der Waals surface area contributed by atoms with Crippen molar-refractivity contribution in [2.24, 2.45) is 0 Å². The van der Waals surface area contributed by atoms with Gasteiger partial charge in [0.15, 0.2) is 6.04 Å². The van der Waals surface area contributed by atoms with Crippen LogP contribution in [0.1, 0.15) is 35.3 Å². The summed E-state index contributed by atoms with van der Waals surface area (Å²) in [5.74, 6) is -0.995. The molecule has 1 unspecified atom stereocenters. The number of rotatable bonds is 7. The number of aliphatic carboxylic acids is 1. The quantitative estimate of drug-likeness (QED) is 0.813. The molecule has 0 fully saturated rings. The molecule has 2 rings (SSSR count). The molecule has 1 aromatic heterocycles. The minimum Gasteiger partial charge on any atom is -0.497 e. The first-order chi connectivity index (χ1) is 11.0. The molecule has 1 amide bonds. The third kappa shape index (κ3) is 4.09. The third-order valence-corrected chi connectivity index (χ3v) is 3.32. The van der Waals surface area contributed by atoms with Crippen molar-refractivity contribution in [2.75, 3.05) is 7.11 Å². The van der Waals surface area contributed by atoms with E-state index >= 15 is 0 Å². The second kappa shape index (κ2) is 7.44. The number of carbonyl (C=O) groups is 2. The summed E-state index contributed by atoms with van der Waals surface area (Å²) in [5, 5.41) is 15.9. The third-order valence-electron chi connectivity index (χ3n) is 3.32. The molecule has 0 saturated heterocycles. The van der Waals surface area contributed by atoms with Crippen molar-refractivity contribution in [3.63, 3.8) is 0 Å². The Balaban J connectivity index is 2.14. The zero-order valence-electron chi connectivity index (χ0n) is 13.0. The van der Waals surface area contributed by atoms with Crippen LogP contribution in [0, 0.1) is 0 Å². The number of aryl methyl sites for hydroxylation is 1. The molecule has 122 valence electrons. The lowest BCUT2D eigenvalue weighted by atomic mass is 10.1. The van der Waals surface area contributed by atoms with Crippen molar-refractivity contribution in [2.45, 2.75) is 25.9 Å². The number of amides is 1. The minimum atomic E-state index is -1.14. The Morgan fingerprint density at radius 2 is 2.04 bits per heavy atom. The molecule has 0 saturated carbocycles. The summed E-state index contributed by atoms with van der Waals surface area (Å²) in [4.78, 5) is 23.7. The standard InChI is InChI=1S/C16H19N3O4/c1-3-8-19-10-12(9-17-19)15(20)18-14(16(21)22)11-4-6-13(23-2)7-5-11/h4-7,9-10,14H,3,8H2,1-2H3,(H,18,20)(H,21,22). The van der Waals surface area contributed by atoms with E-state index in [1.54, 1.807) is 35.1 Å². The van der Waals surface area contributed by atoms with E-state index in [-0.39, 0.29) is 0 Å².